The summed E-state index contributed by atoms with van der Waals surface area (Å²) in [5, 5.41) is 16.4. The molecule has 2 aromatic heterocycles. The van der Waals surface area contributed by atoms with E-state index in [9.17, 15) is 9.59 Å². The van der Waals surface area contributed by atoms with E-state index in [1.54, 1.807) is 29.5 Å². The summed E-state index contributed by atoms with van der Waals surface area (Å²) in [4.78, 5) is 25.8. The van der Waals surface area contributed by atoms with Crippen molar-refractivity contribution in [2.45, 2.75) is 30.5 Å². The van der Waals surface area contributed by atoms with Gasteiger partial charge in [0.05, 0.1) is 5.75 Å². The van der Waals surface area contributed by atoms with E-state index in [1.165, 1.54) is 16.6 Å². The summed E-state index contributed by atoms with van der Waals surface area (Å²) in [6, 6.07) is 8.98. The van der Waals surface area contributed by atoms with Gasteiger partial charge in [-0.25, -0.2) is 4.79 Å². The highest BCUT2D eigenvalue weighted by Crippen LogP contribution is 2.39. The lowest BCUT2D eigenvalue weighted by Gasteiger charge is -2.19. The number of hydrogen-bond donors (Lipinski definition) is 2. The van der Waals surface area contributed by atoms with Crippen molar-refractivity contribution >= 4 is 40.7 Å². The molecule has 11 heteroatoms. The molecule has 2 aliphatic rings. The molecular formula is C21H21N5O4S2. The number of imide groups is 1. The largest absolute Gasteiger partial charge is 0.486 e. The third-order valence-electron chi connectivity index (χ3n) is 4.94. The Bertz CT molecular complexity index is 1130. The smallest absolute Gasteiger partial charge is 0.325 e. The summed E-state index contributed by atoms with van der Waals surface area (Å²) in [7, 11) is 0. The topological polar surface area (TPSA) is 107 Å². The number of amides is 3. The van der Waals surface area contributed by atoms with Crippen molar-refractivity contribution in [1.29, 1.82) is 0 Å². The van der Waals surface area contributed by atoms with Gasteiger partial charge in [-0.05, 0) is 36.4 Å². The first-order chi connectivity index (χ1) is 15.7. The molecule has 3 heterocycles. The lowest BCUT2D eigenvalue weighted by Crippen LogP contribution is -2.35. The highest BCUT2D eigenvalue weighted by Gasteiger charge is 2.30. The fraction of sp³-hybridized carbons (Fsp3) is 0.333. The molecule has 3 aromatic rings. The number of thioether (sulfide) groups is 1. The number of ether oxygens (including phenoxy) is 2. The molecule has 1 saturated carbocycles. The number of carbonyl (C=O) groups excluding carboxylic acids is 2. The molecule has 1 aliphatic carbocycles. The van der Waals surface area contributed by atoms with E-state index in [4.69, 9.17) is 9.47 Å². The van der Waals surface area contributed by atoms with E-state index in [2.05, 4.69) is 31.5 Å². The number of aromatic nitrogens is 3. The molecule has 1 fully saturated rings. The summed E-state index contributed by atoms with van der Waals surface area (Å²) in [6.07, 6.45) is 2.91. The average Bonchev–Trinajstić information content (AvgIpc) is 3.34. The monoisotopic (exact) mass is 471 g/mol. The Labute approximate surface area is 192 Å². The van der Waals surface area contributed by atoms with Gasteiger partial charge in [-0.3, -0.25) is 10.1 Å². The van der Waals surface area contributed by atoms with Crippen molar-refractivity contribution in [2.24, 2.45) is 0 Å². The lowest BCUT2D eigenvalue weighted by molar-refractivity contribution is -0.117. The van der Waals surface area contributed by atoms with Crippen LogP contribution in [-0.2, 0) is 11.2 Å². The van der Waals surface area contributed by atoms with E-state index >= 15 is 0 Å². The molecule has 0 spiro atoms. The van der Waals surface area contributed by atoms with Crippen LogP contribution in [-0.4, -0.2) is 45.7 Å². The second kappa shape index (κ2) is 9.21. The molecule has 0 atom stereocenters. The Morgan fingerprint density at radius 3 is 2.78 bits per heavy atom. The van der Waals surface area contributed by atoms with E-state index in [-0.39, 0.29) is 5.75 Å². The quantitative estimate of drug-likeness (QED) is 0.508. The molecule has 9 nitrogen and oxygen atoms in total. The van der Waals surface area contributed by atoms with Gasteiger partial charge in [0.2, 0.25) is 5.91 Å². The predicted molar refractivity (Wildman–Crippen MR) is 121 cm³/mol. The third kappa shape index (κ3) is 4.89. The van der Waals surface area contributed by atoms with Crippen LogP contribution in [0.2, 0.25) is 0 Å². The predicted octanol–water partition coefficient (Wildman–Crippen LogP) is 3.48. The number of thiophene rings is 1. The second-order valence-electron chi connectivity index (χ2n) is 7.41. The number of nitrogens with zero attached hydrogens (tertiary/aromatic N) is 3. The first-order valence-corrected chi connectivity index (χ1v) is 12.1. The first kappa shape index (κ1) is 20.8. The number of rotatable bonds is 7. The van der Waals surface area contributed by atoms with Gasteiger partial charge in [-0.2, -0.15) is 0 Å². The number of hydrogen-bond acceptors (Lipinski definition) is 8. The normalized spacial score (nSPS) is 14.8. The zero-order valence-electron chi connectivity index (χ0n) is 17.1. The van der Waals surface area contributed by atoms with Crippen molar-refractivity contribution in [3.05, 3.63) is 46.4 Å². The summed E-state index contributed by atoms with van der Waals surface area (Å²) < 4.78 is 13.1. The summed E-state index contributed by atoms with van der Waals surface area (Å²) in [5.74, 6) is 1.77. The molecule has 2 N–H and O–H groups in total. The number of fused-ring (bicyclic) bond motifs is 1. The number of urea groups is 1. The number of benzene rings is 1. The maximum absolute atomic E-state index is 12.3. The minimum atomic E-state index is -0.602. The fourth-order valence-corrected chi connectivity index (χ4v) is 4.90. The molecule has 1 aliphatic heterocycles. The van der Waals surface area contributed by atoms with Crippen molar-refractivity contribution < 1.29 is 19.1 Å². The lowest BCUT2D eigenvalue weighted by atomic mass is 10.2. The zero-order chi connectivity index (χ0) is 21.9. The summed E-state index contributed by atoms with van der Waals surface area (Å²) >= 11 is 2.98. The molecule has 0 unspecified atom stereocenters. The van der Waals surface area contributed by atoms with Crippen molar-refractivity contribution in [3.63, 3.8) is 0 Å². The van der Waals surface area contributed by atoms with Gasteiger partial charge in [-0.1, -0.05) is 17.8 Å². The van der Waals surface area contributed by atoms with Crippen molar-refractivity contribution in [1.82, 2.24) is 20.1 Å². The van der Waals surface area contributed by atoms with Crippen LogP contribution in [0.4, 0.5) is 10.5 Å². The van der Waals surface area contributed by atoms with Crippen molar-refractivity contribution in [2.75, 3.05) is 24.3 Å². The van der Waals surface area contributed by atoms with Crippen LogP contribution >= 0.6 is 23.1 Å². The maximum atomic E-state index is 12.3. The standard InChI is InChI=1S/C21H21N5O4S2/c27-19(23-20(28)22-13-3-6-16-17(10-13)30-8-7-29-16)12-32-21-25-24-18(26(21)14-4-5-14)11-15-2-1-9-31-15/h1-3,6,9-10,14H,4-5,7-8,11-12H2,(H2,22,23,27,28). The van der Waals surface area contributed by atoms with Crippen LogP contribution in [0.5, 0.6) is 11.5 Å². The van der Waals surface area contributed by atoms with Crippen LogP contribution in [0.15, 0.2) is 40.9 Å². The Balaban J connectivity index is 1.16. The highest BCUT2D eigenvalue weighted by atomic mass is 32.2. The van der Waals surface area contributed by atoms with Crippen LogP contribution in [0, 0.1) is 0 Å². The fourth-order valence-electron chi connectivity index (χ4n) is 3.37. The van der Waals surface area contributed by atoms with Crippen LogP contribution < -0.4 is 20.1 Å². The van der Waals surface area contributed by atoms with Gasteiger partial charge < -0.3 is 19.4 Å². The SMILES string of the molecule is O=C(CSc1nnc(Cc2cccs2)n1C1CC1)NC(=O)Nc1ccc2c(c1)OCCO2. The highest BCUT2D eigenvalue weighted by molar-refractivity contribution is 7.99. The Morgan fingerprint density at radius 1 is 1.16 bits per heavy atom. The Morgan fingerprint density at radius 2 is 2.00 bits per heavy atom. The third-order valence-corrected chi connectivity index (χ3v) is 6.76. The number of nitrogens with one attached hydrogen (secondary N) is 2. The zero-order valence-corrected chi connectivity index (χ0v) is 18.7. The molecule has 32 heavy (non-hydrogen) atoms. The summed E-state index contributed by atoms with van der Waals surface area (Å²) in [6.45, 7) is 0.954. The average molecular weight is 472 g/mol. The first-order valence-electron chi connectivity index (χ1n) is 10.2. The van der Waals surface area contributed by atoms with Gasteiger partial charge in [0.15, 0.2) is 16.7 Å². The van der Waals surface area contributed by atoms with Gasteiger partial charge in [0.25, 0.3) is 0 Å². The van der Waals surface area contributed by atoms with E-state index in [0.29, 0.717) is 41.6 Å². The van der Waals surface area contributed by atoms with E-state index in [1.807, 2.05) is 11.4 Å². The van der Waals surface area contributed by atoms with Crippen LogP contribution in [0.25, 0.3) is 0 Å². The Hall–Kier alpha value is -3.05. The molecule has 166 valence electrons. The molecule has 0 radical (unpaired) electrons. The van der Waals surface area contributed by atoms with Gasteiger partial charge in [0.1, 0.15) is 19.0 Å². The van der Waals surface area contributed by atoms with Gasteiger partial charge >= 0.3 is 6.03 Å². The maximum Gasteiger partial charge on any atom is 0.325 e. The van der Waals surface area contributed by atoms with Gasteiger partial charge in [0, 0.05) is 29.1 Å². The molecule has 0 bridgehead atoms. The van der Waals surface area contributed by atoms with E-state index in [0.717, 1.165) is 25.1 Å². The number of anilines is 1. The molecular weight excluding hydrogens is 450 g/mol. The second-order valence-corrected chi connectivity index (χ2v) is 9.38. The molecule has 5 rings (SSSR count). The van der Waals surface area contributed by atoms with Crippen molar-refractivity contribution in [3.8, 4) is 11.5 Å². The summed E-state index contributed by atoms with van der Waals surface area (Å²) in [5.41, 5.74) is 0.513. The number of carbonyl (C=O) groups is 2. The van der Waals surface area contributed by atoms with Crippen LogP contribution in [0.1, 0.15) is 29.6 Å². The minimum absolute atomic E-state index is 0.0679. The van der Waals surface area contributed by atoms with Crippen LogP contribution in [0.3, 0.4) is 0 Å². The molecule has 1 aromatic carbocycles. The molecule has 0 saturated heterocycles. The van der Waals surface area contributed by atoms with E-state index < -0.39 is 11.9 Å². The molecule has 3 amide bonds. The minimum Gasteiger partial charge on any atom is -0.486 e. The Kier molecular flexibility index (Phi) is 5.99. The van der Waals surface area contributed by atoms with Gasteiger partial charge in [-0.15, -0.1) is 21.5 Å².